The molecule has 4 rings (SSSR count). The molecule has 33 heavy (non-hydrogen) atoms. The van der Waals surface area contributed by atoms with Crippen LogP contribution in [0.2, 0.25) is 0 Å². The first-order chi connectivity index (χ1) is 16.0. The van der Waals surface area contributed by atoms with Gasteiger partial charge in [0.05, 0.1) is 5.92 Å². The molecule has 0 aliphatic carbocycles. The molecule has 2 aromatic rings. The number of rotatable bonds is 8. The van der Waals surface area contributed by atoms with Crippen molar-refractivity contribution in [3.05, 3.63) is 59.7 Å². The second-order valence-corrected chi connectivity index (χ2v) is 8.66. The van der Waals surface area contributed by atoms with E-state index >= 15 is 0 Å². The van der Waals surface area contributed by atoms with Gasteiger partial charge in [0, 0.05) is 38.3 Å². The molecule has 2 aromatic carbocycles. The Balaban J connectivity index is 1.27. The van der Waals surface area contributed by atoms with Crippen LogP contribution in [0.1, 0.15) is 37.3 Å². The smallest absolute Gasteiger partial charge is 0.260 e. The molecule has 0 unspecified atom stereocenters. The van der Waals surface area contributed by atoms with Crippen molar-refractivity contribution in [2.24, 2.45) is 5.92 Å². The topological polar surface area (TPSA) is 79.0 Å². The molecule has 0 aromatic heterocycles. The first kappa shape index (κ1) is 22.8. The Bertz CT molecular complexity index is 982. The molecule has 7 heteroatoms. The van der Waals surface area contributed by atoms with E-state index in [2.05, 4.69) is 24.4 Å². The first-order valence-corrected chi connectivity index (χ1v) is 11.7. The largest absolute Gasteiger partial charge is 0.484 e. The summed E-state index contributed by atoms with van der Waals surface area (Å²) in [5.74, 6) is 0.0373. The highest BCUT2D eigenvalue weighted by molar-refractivity contribution is 6.00. The van der Waals surface area contributed by atoms with Gasteiger partial charge in [-0.1, -0.05) is 31.2 Å². The van der Waals surface area contributed by atoms with Crippen LogP contribution < -0.4 is 15.0 Å². The van der Waals surface area contributed by atoms with E-state index in [9.17, 15) is 14.4 Å². The Morgan fingerprint density at radius 1 is 1.00 bits per heavy atom. The van der Waals surface area contributed by atoms with Gasteiger partial charge in [0.2, 0.25) is 11.8 Å². The number of benzene rings is 2. The lowest BCUT2D eigenvalue weighted by Gasteiger charge is -2.18. The SMILES string of the molecule is CCc1ccc(CNC(=O)[C@H]2CC(=O)N(c3ccc(OCC(=O)N4CCCC4)cc3)C2)cc1. The van der Waals surface area contributed by atoms with Crippen molar-refractivity contribution in [1.82, 2.24) is 10.2 Å². The van der Waals surface area contributed by atoms with Crippen LogP contribution in [0.3, 0.4) is 0 Å². The highest BCUT2D eigenvalue weighted by Crippen LogP contribution is 2.27. The number of nitrogens with one attached hydrogen (secondary N) is 1. The summed E-state index contributed by atoms with van der Waals surface area (Å²) < 4.78 is 5.61. The fourth-order valence-corrected chi connectivity index (χ4v) is 4.28. The van der Waals surface area contributed by atoms with Gasteiger partial charge >= 0.3 is 0 Å². The lowest BCUT2D eigenvalue weighted by atomic mass is 10.1. The maximum atomic E-state index is 12.6. The molecule has 0 spiro atoms. The van der Waals surface area contributed by atoms with Crippen molar-refractivity contribution >= 4 is 23.4 Å². The van der Waals surface area contributed by atoms with Crippen LogP contribution >= 0.6 is 0 Å². The Morgan fingerprint density at radius 2 is 1.67 bits per heavy atom. The van der Waals surface area contributed by atoms with Crippen LogP contribution in [0.4, 0.5) is 5.69 Å². The Kier molecular flexibility index (Phi) is 7.27. The van der Waals surface area contributed by atoms with Gasteiger partial charge in [0.1, 0.15) is 5.75 Å². The Hall–Kier alpha value is -3.35. The predicted octanol–water partition coefficient (Wildman–Crippen LogP) is 2.92. The van der Waals surface area contributed by atoms with E-state index in [0.717, 1.165) is 43.6 Å². The van der Waals surface area contributed by atoms with Crippen LogP contribution in [0.25, 0.3) is 0 Å². The first-order valence-electron chi connectivity index (χ1n) is 11.7. The van der Waals surface area contributed by atoms with Gasteiger partial charge in [-0.2, -0.15) is 0 Å². The zero-order valence-corrected chi connectivity index (χ0v) is 19.1. The van der Waals surface area contributed by atoms with E-state index in [0.29, 0.717) is 18.8 Å². The van der Waals surface area contributed by atoms with E-state index in [-0.39, 0.29) is 36.7 Å². The third-order valence-electron chi connectivity index (χ3n) is 6.36. The number of hydrogen-bond donors (Lipinski definition) is 1. The molecule has 2 aliphatic rings. The summed E-state index contributed by atoms with van der Waals surface area (Å²) >= 11 is 0. The maximum absolute atomic E-state index is 12.6. The lowest BCUT2D eigenvalue weighted by Crippen LogP contribution is -2.32. The number of nitrogens with zero attached hydrogens (tertiary/aromatic N) is 2. The zero-order valence-electron chi connectivity index (χ0n) is 19.1. The monoisotopic (exact) mass is 449 g/mol. The molecule has 174 valence electrons. The van der Waals surface area contributed by atoms with Crippen molar-refractivity contribution in [3.63, 3.8) is 0 Å². The van der Waals surface area contributed by atoms with Crippen molar-refractivity contribution < 1.29 is 19.1 Å². The van der Waals surface area contributed by atoms with Crippen molar-refractivity contribution in [3.8, 4) is 5.75 Å². The Morgan fingerprint density at radius 3 is 2.33 bits per heavy atom. The maximum Gasteiger partial charge on any atom is 0.260 e. The third-order valence-corrected chi connectivity index (χ3v) is 6.36. The molecule has 2 aliphatic heterocycles. The summed E-state index contributed by atoms with van der Waals surface area (Å²) in [5.41, 5.74) is 3.03. The molecule has 3 amide bonds. The summed E-state index contributed by atoms with van der Waals surface area (Å²) in [4.78, 5) is 40.8. The zero-order chi connectivity index (χ0) is 23.2. The van der Waals surface area contributed by atoms with Crippen LogP contribution in [-0.2, 0) is 27.3 Å². The molecule has 2 heterocycles. The van der Waals surface area contributed by atoms with Crippen LogP contribution in [0, 0.1) is 5.92 Å². The van der Waals surface area contributed by atoms with Gasteiger partial charge in [-0.3, -0.25) is 14.4 Å². The van der Waals surface area contributed by atoms with Crippen LogP contribution in [0.5, 0.6) is 5.75 Å². The van der Waals surface area contributed by atoms with Gasteiger partial charge in [-0.05, 0) is 54.7 Å². The van der Waals surface area contributed by atoms with Crippen molar-refractivity contribution in [1.29, 1.82) is 0 Å². The fourth-order valence-electron chi connectivity index (χ4n) is 4.28. The second kappa shape index (κ2) is 10.5. The summed E-state index contributed by atoms with van der Waals surface area (Å²) in [6, 6.07) is 15.3. The average Bonchev–Trinajstić information content (AvgIpc) is 3.52. The summed E-state index contributed by atoms with van der Waals surface area (Å²) in [6.07, 6.45) is 3.28. The molecule has 2 saturated heterocycles. The summed E-state index contributed by atoms with van der Waals surface area (Å²) in [5, 5.41) is 2.96. The molecule has 0 radical (unpaired) electrons. The van der Waals surface area contributed by atoms with E-state index in [1.165, 1.54) is 5.56 Å². The molecular weight excluding hydrogens is 418 g/mol. The standard InChI is InChI=1S/C26H31N3O4/c1-2-19-5-7-20(8-6-19)16-27-26(32)21-15-24(30)29(17-21)22-9-11-23(12-10-22)33-18-25(31)28-13-3-4-14-28/h5-12,21H,2-4,13-18H2,1H3,(H,27,32)/t21-/m0/s1. The van der Waals surface area contributed by atoms with Gasteiger partial charge in [-0.15, -0.1) is 0 Å². The minimum atomic E-state index is -0.374. The van der Waals surface area contributed by atoms with Crippen LogP contribution in [0.15, 0.2) is 48.5 Å². The number of likely N-dealkylation sites (tertiary alicyclic amines) is 1. The lowest BCUT2D eigenvalue weighted by molar-refractivity contribution is -0.132. The summed E-state index contributed by atoms with van der Waals surface area (Å²) in [7, 11) is 0. The average molecular weight is 450 g/mol. The molecule has 7 nitrogen and oxygen atoms in total. The molecule has 2 fully saturated rings. The highest BCUT2D eigenvalue weighted by atomic mass is 16.5. The Labute approximate surface area is 194 Å². The molecule has 1 N–H and O–H groups in total. The molecule has 1 atom stereocenters. The van der Waals surface area contributed by atoms with E-state index < -0.39 is 0 Å². The number of hydrogen-bond acceptors (Lipinski definition) is 4. The number of anilines is 1. The number of aryl methyl sites for hydroxylation is 1. The number of carbonyl (C=O) groups is 3. The van der Waals surface area contributed by atoms with Gasteiger partial charge in [0.15, 0.2) is 6.61 Å². The molecule has 0 bridgehead atoms. The number of carbonyl (C=O) groups excluding carboxylic acids is 3. The van der Waals surface area contributed by atoms with Gasteiger partial charge in [-0.25, -0.2) is 0 Å². The van der Waals surface area contributed by atoms with E-state index in [1.807, 2.05) is 17.0 Å². The minimum absolute atomic E-state index is 0.00135. The molecular formula is C26H31N3O4. The highest BCUT2D eigenvalue weighted by Gasteiger charge is 2.35. The van der Waals surface area contributed by atoms with Gasteiger partial charge < -0.3 is 19.9 Å². The fraction of sp³-hybridized carbons (Fsp3) is 0.423. The summed E-state index contributed by atoms with van der Waals surface area (Å²) in [6.45, 7) is 4.54. The normalized spacial score (nSPS) is 18.0. The quantitative estimate of drug-likeness (QED) is 0.672. The van der Waals surface area contributed by atoms with Gasteiger partial charge in [0.25, 0.3) is 5.91 Å². The third kappa shape index (κ3) is 5.72. The molecule has 0 saturated carbocycles. The number of amides is 3. The van der Waals surface area contributed by atoms with E-state index in [1.54, 1.807) is 29.2 Å². The number of ether oxygens (including phenoxy) is 1. The predicted molar refractivity (Wildman–Crippen MR) is 126 cm³/mol. The van der Waals surface area contributed by atoms with Crippen molar-refractivity contribution in [2.75, 3.05) is 31.1 Å². The second-order valence-electron chi connectivity index (χ2n) is 8.66. The van der Waals surface area contributed by atoms with Crippen LogP contribution in [-0.4, -0.2) is 48.9 Å². The minimum Gasteiger partial charge on any atom is -0.484 e. The van der Waals surface area contributed by atoms with E-state index in [4.69, 9.17) is 4.74 Å². The van der Waals surface area contributed by atoms with Crippen molar-refractivity contribution in [2.45, 2.75) is 39.2 Å².